The maximum absolute atomic E-state index is 11.6. The van der Waals surface area contributed by atoms with Gasteiger partial charge in [-0.25, -0.2) is 4.79 Å². The number of esters is 1. The highest BCUT2D eigenvalue weighted by molar-refractivity contribution is 5.76. The smallest absolute Gasteiger partial charge is 0.412 e. The number of methoxy groups -OCH3 is 1. The number of hydrogen-bond donors (Lipinski definition) is 2. The first-order valence-corrected chi connectivity index (χ1v) is 8.06. The molecule has 0 aliphatic rings. The third-order valence-electron chi connectivity index (χ3n) is 3.61. The summed E-state index contributed by atoms with van der Waals surface area (Å²) in [5, 5.41) is 2.39. The first kappa shape index (κ1) is 19.3. The molecule has 0 fully saturated rings. The van der Waals surface area contributed by atoms with E-state index in [4.69, 9.17) is 15.2 Å². The Hall–Kier alpha value is -3.06. The van der Waals surface area contributed by atoms with Crippen molar-refractivity contribution >= 4 is 12.1 Å². The van der Waals surface area contributed by atoms with Crippen LogP contribution in [0.5, 0.6) is 11.5 Å². The molecule has 0 aliphatic heterocycles. The van der Waals surface area contributed by atoms with Gasteiger partial charge in [-0.05, 0) is 29.7 Å². The Morgan fingerprint density at radius 1 is 1.08 bits per heavy atom. The quantitative estimate of drug-likeness (QED) is 0.735. The number of nitrogens with two attached hydrogens (primary N) is 1. The number of hydrogen-bond acceptors (Lipinski definition) is 6. The van der Waals surface area contributed by atoms with E-state index >= 15 is 0 Å². The second-order valence-electron chi connectivity index (χ2n) is 5.53. The summed E-state index contributed by atoms with van der Waals surface area (Å²) in [6.07, 6.45) is -0.376. The molecule has 1 amide bonds. The molecule has 2 rings (SSSR count). The molecule has 0 unspecified atom stereocenters. The Morgan fingerprint density at radius 3 is 2.46 bits per heavy atom. The zero-order chi connectivity index (χ0) is 18.9. The second kappa shape index (κ2) is 9.43. The minimum Gasteiger partial charge on any atom is -0.485 e. The van der Waals surface area contributed by atoms with E-state index in [1.54, 1.807) is 18.2 Å². The maximum Gasteiger partial charge on any atom is 0.412 e. The van der Waals surface area contributed by atoms with Crippen molar-refractivity contribution in [2.75, 3.05) is 14.2 Å². The third-order valence-corrected chi connectivity index (χ3v) is 3.61. The monoisotopic (exact) mass is 358 g/mol. The zero-order valence-electron chi connectivity index (χ0n) is 14.7. The molecule has 0 radical (unpaired) electrons. The zero-order valence-corrected chi connectivity index (χ0v) is 14.7. The summed E-state index contributed by atoms with van der Waals surface area (Å²) in [7, 11) is 2.74. The molecule has 0 bridgehead atoms. The lowest BCUT2D eigenvalue weighted by Gasteiger charge is -2.14. The summed E-state index contributed by atoms with van der Waals surface area (Å²) in [4.78, 5) is 23.1. The molecule has 1 atom stereocenters. The average molecular weight is 358 g/mol. The van der Waals surface area contributed by atoms with Crippen molar-refractivity contribution in [2.24, 2.45) is 5.73 Å². The fourth-order valence-electron chi connectivity index (χ4n) is 2.25. The van der Waals surface area contributed by atoms with Gasteiger partial charge in [-0.15, -0.1) is 0 Å². The summed E-state index contributed by atoms with van der Waals surface area (Å²) < 4.78 is 15.7. The molecule has 7 nitrogen and oxygen atoms in total. The number of carbonyl (C=O) groups is 2. The van der Waals surface area contributed by atoms with E-state index in [2.05, 4.69) is 10.1 Å². The first-order valence-electron chi connectivity index (χ1n) is 8.06. The molecule has 0 aromatic heterocycles. The number of nitrogens with one attached hydrogen (secondary N) is 1. The third kappa shape index (κ3) is 5.49. The van der Waals surface area contributed by atoms with Crippen molar-refractivity contribution in [3.8, 4) is 11.5 Å². The number of carbonyl (C=O) groups excluding carboxylic acids is 2. The summed E-state index contributed by atoms with van der Waals surface area (Å²) in [6.45, 7) is 0.325. The Kier molecular flexibility index (Phi) is 6.99. The van der Waals surface area contributed by atoms with Crippen LogP contribution >= 0.6 is 0 Å². The molecule has 0 saturated carbocycles. The highest BCUT2D eigenvalue weighted by Crippen LogP contribution is 2.30. The van der Waals surface area contributed by atoms with Crippen molar-refractivity contribution in [3.05, 3.63) is 59.7 Å². The van der Waals surface area contributed by atoms with E-state index in [-0.39, 0.29) is 12.2 Å². The predicted molar refractivity (Wildman–Crippen MR) is 96.0 cm³/mol. The molecule has 2 aromatic rings. The summed E-state index contributed by atoms with van der Waals surface area (Å²) in [6, 6.07) is 13.9. The molecular weight excluding hydrogens is 336 g/mol. The van der Waals surface area contributed by atoms with Crippen LogP contribution in [0.4, 0.5) is 4.79 Å². The Morgan fingerprint density at radius 2 is 1.81 bits per heavy atom. The molecule has 26 heavy (non-hydrogen) atoms. The van der Waals surface area contributed by atoms with Gasteiger partial charge < -0.3 is 25.3 Å². The van der Waals surface area contributed by atoms with Crippen LogP contribution in [-0.4, -0.2) is 32.3 Å². The van der Waals surface area contributed by atoms with Gasteiger partial charge in [0.15, 0.2) is 11.5 Å². The Bertz CT molecular complexity index is 749. The van der Waals surface area contributed by atoms with Crippen molar-refractivity contribution in [2.45, 2.75) is 19.1 Å². The summed E-state index contributed by atoms with van der Waals surface area (Å²) in [5.41, 5.74) is 7.48. The van der Waals surface area contributed by atoms with Crippen LogP contribution < -0.4 is 20.5 Å². The lowest BCUT2D eigenvalue weighted by molar-refractivity contribution is -0.142. The van der Waals surface area contributed by atoms with Crippen LogP contribution in [0.25, 0.3) is 0 Å². The van der Waals surface area contributed by atoms with Crippen LogP contribution in [-0.2, 0) is 22.6 Å². The molecule has 0 heterocycles. The number of ether oxygens (including phenoxy) is 3. The lowest BCUT2D eigenvalue weighted by Crippen LogP contribution is -2.33. The molecule has 3 N–H and O–H groups in total. The fraction of sp³-hybridized carbons (Fsp3) is 0.263. The SMILES string of the molecule is CNC(=O)Oc1cc(C[C@H](N)C(=O)OC)ccc1OCc1ccccc1. The van der Waals surface area contributed by atoms with Crippen LogP contribution in [0.1, 0.15) is 11.1 Å². The number of rotatable bonds is 7. The highest BCUT2D eigenvalue weighted by Gasteiger charge is 2.17. The van der Waals surface area contributed by atoms with Crippen LogP contribution in [0.3, 0.4) is 0 Å². The lowest BCUT2D eigenvalue weighted by atomic mass is 10.1. The van der Waals surface area contributed by atoms with Gasteiger partial charge in [0.2, 0.25) is 0 Å². The highest BCUT2D eigenvalue weighted by atomic mass is 16.6. The fourth-order valence-corrected chi connectivity index (χ4v) is 2.25. The average Bonchev–Trinajstić information content (AvgIpc) is 2.67. The van der Waals surface area contributed by atoms with Gasteiger partial charge in [-0.1, -0.05) is 36.4 Å². The van der Waals surface area contributed by atoms with Crippen LogP contribution in [0.15, 0.2) is 48.5 Å². The molecule has 7 heteroatoms. The van der Waals surface area contributed by atoms with Gasteiger partial charge in [0.05, 0.1) is 7.11 Å². The molecule has 0 saturated heterocycles. The summed E-state index contributed by atoms with van der Waals surface area (Å²) >= 11 is 0. The van der Waals surface area contributed by atoms with Crippen molar-refractivity contribution in [1.29, 1.82) is 0 Å². The first-order chi connectivity index (χ1) is 12.5. The van der Waals surface area contributed by atoms with E-state index < -0.39 is 18.1 Å². The number of amides is 1. The van der Waals surface area contributed by atoms with Crippen molar-refractivity contribution < 1.29 is 23.8 Å². The van der Waals surface area contributed by atoms with Crippen LogP contribution in [0, 0.1) is 0 Å². The van der Waals surface area contributed by atoms with Crippen molar-refractivity contribution in [3.63, 3.8) is 0 Å². The standard InChI is InChI=1S/C19H22N2O5/c1-21-19(23)26-17-11-14(10-15(20)18(22)24-2)8-9-16(17)25-12-13-6-4-3-5-7-13/h3-9,11,15H,10,12,20H2,1-2H3,(H,21,23)/t15-/m0/s1. The van der Waals surface area contributed by atoms with Gasteiger partial charge >= 0.3 is 12.1 Å². The van der Waals surface area contributed by atoms with Gasteiger partial charge in [0.25, 0.3) is 0 Å². The van der Waals surface area contributed by atoms with Gasteiger partial charge in [0, 0.05) is 7.05 Å². The molecular formula is C19H22N2O5. The molecule has 2 aromatic carbocycles. The predicted octanol–water partition coefficient (Wildman–Crippen LogP) is 2.03. The largest absolute Gasteiger partial charge is 0.485 e. The van der Waals surface area contributed by atoms with E-state index in [1.165, 1.54) is 14.2 Å². The molecule has 138 valence electrons. The minimum atomic E-state index is -0.802. The van der Waals surface area contributed by atoms with E-state index in [1.807, 2.05) is 30.3 Å². The Labute approximate surface area is 152 Å². The normalized spacial score (nSPS) is 11.3. The maximum atomic E-state index is 11.6. The second-order valence-corrected chi connectivity index (χ2v) is 5.53. The molecule has 0 spiro atoms. The summed E-state index contributed by atoms with van der Waals surface area (Å²) in [5.74, 6) is 0.144. The molecule has 0 aliphatic carbocycles. The van der Waals surface area contributed by atoms with E-state index in [0.717, 1.165) is 5.56 Å². The Balaban J connectivity index is 2.17. The van der Waals surface area contributed by atoms with Gasteiger partial charge in [-0.3, -0.25) is 4.79 Å². The van der Waals surface area contributed by atoms with Gasteiger partial charge in [-0.2, -0.15) is 0 Å². The topological polar surface area (TPSA) is 99.9 Å². The van der Waals surface area contributed by atoms with Crippen LogP contribution in [0.2, 0.25) is 0 Å². The number of benzene rings is 2. The van der Waals surface area contributed by atoms with E-state index in [0.29, 0.717) is 17.9 Å². The van der Waals surface area contributed by atoms with Gasteiger partial charge in [0.1, 0.15) is 12.6 Å². The van der Waals surface area contributed by atoms with Crippen molar-refractivity contribution in [1.82, 2.24) is 5.32 Å². The van der Waals surface area contributed by atoms with E-state index in [9.17, 15) is 9.59 Å². The minimum absolute atomic E-state index is 0.245.